The molecule has 8 nitrogen and oxygen atoms in total. The van der Waals surface area contributed by atoms with E-state index in [0.29, 0.717) is 5.56 Å². The highest BCUT2D eigenvalue weighted by molar-refractivity contribution is 5.94. The number of nitrogens with zero attached hydrogens (tertiary/aromatic N) is 2. The molecule has 9 heteroatoms. The molecule has 1 atom stereocenters. The Balaban J connectivity index is 2.12. The topological polar surface area (TPSA) is 114 Å². The quantitative estimate of drug-likeness (QED) is 0.626. The van der Waals surface area contributed by atoms with Crippen LogP contribution in [0, 0.1) is 27.3 Å². The van der Waals surface area contributed by atoms with Gasteiger partial charge in [-0.05, 0) is 31.2 Å². The number of ether oxygens (including phenoxy) is 2. The normalized spacial score (nSPS) is 11.2. The number of carbonyl (C=O) groups excluding carboxylic acids is 1. The van der Waals surface area contributed by atoms with E-state index in [2.05, 4.69) is 5.32 Å². The summed E-state index contributed by atoms with van der Waals surface area (Å²) in [6.07, 6.45) is -0.985. The second-order valence-corrected chi connectivity index (χ2v) is 5.15. The SMILES string of the molecule is COc1cc(C#N)ccc1O[C@@H](C)C(=O)Nc1ccc(F)c([N+](=O)[O-])c1. The second kappa shape index (κ2) is 7.94. The van der Waals surface area contributed by atoms with Crippen molar-refractivity contribution >= 4 is 17.3 Å². The standard InChI is InChI=1S/C17H14FN3O5/c1-10(26-15-6-3-11(9-19)7-16(15)25-2)17(22)20-12-4-5-13(18)14(8-12)21(23)24/h3-8,10H,1-2H3,(H,20,22)/t10-/m0/s1. The highest BCUT2D eigenvalue weighted by Crippen LogP contribution is 2.29. The zero-order valence-corrected chi connectivity index (χ0v) is 13.9. The van der Waals surface area contributed by atoms with Crippen molar-refractivity contribution in [3.63, 3.8) is 0 Å². The molecule has 2 aromatic carbocycles. The molecule has 0 saturated carbocycles. The van der Waals surface area contributed by atoms with Crippen LogP contribution in [0.15, 0.2) is 36.4 Å². The molecule has 0 radical (unpaired) electrons. The van der Waals surface area contributed by atoms with Gasteiger partial charge < -0.3 is 14.8 Å². The number of methoxy groups -OCH3 is 1. The minimum absolute atomic E-state index is 0.0605. The summed E-state index contributed by atoms with van der Waals surface area (Å²) in [6, 6.07) is 9.43. The van der Waals surface area contributed by atoms with Crippen molar-refractivity contribution < 1.29 is 23.6 Å². The van der Waals surface area contributed by atoms with E-state index in [-0.39, 0.29) is 17.2 Å². The van der Waals surface area contributed by atoms with Crippen molar-refractivity contribution in [3.8, 4) is 17.6 Å². The van der Waals surface area contributed by atoms with Gasteiger partial charge in [0.25, 0.3) is 5.91 Å². The van der Waals surface area contributed by atoms with E-state index in [0.717, 1.165) is 12.1 Å². The van der Waals surface area contributed by atoms with Crippen LogP contribution in [0.25, 0.3) is 0 Å². The van der Waals surface area contributed by atoms with E-state index < -0.39 is 28.4 Å². The molecular weight excluding hydrogens is 345 g/mol. The predicted octanol–water partition coefficient (Wildman–Crippen LogP) is 3.02. The van der Waals surface area contributed by atoms with Gasteiger partial charge in [-0.2, -0.15) is 9.65 Å². The summed E-state index contributed by atoms with van der Waals surface area (Å²) >= 11 is 0. The summed E-state index contributed by atoms with van der Waals surface area (Å²) in [6.45, 7) is 1.46. The summed E-state index contributed by atoms with van der Waals surface area (Å²) in [4.78, 5) is 22.1. The number of halogens is 1. The van der Waals surface area contributed by atoms with Crippen molar-refractivity contribution in [2.24, 2.45) is 0 Å². The molecule has 0 unspecified atom stereocenters. The number of nitriles is 1. The molecule has 2 rings (SSSR count). The number of nitrogens with one attached hydrogen (secondary N) is 1. The molecule has 2 aromatic rings. The van der Waals surface area contributed by atoms with Gasteiger partial charge >= 0.3 is 5.69 Å². The van der Waals surface area contributed by atoms with Crippen molar-refractivity contribution in [2.75, 3.05) is 12.4 Å². The highest BCUT2D eigenvalue weighted by Gasteiger charge is 2.20. The number of anilines is 1. The molecule has 0 aliphatic heterocycles. The van der Waals surface area contributed by atoms with Gasteiger partial charge in [0.2, 0.25) is 5.82 Å². The molecule has 26 heavy (non-hydrogen) atoms. The largest absolute Gasteiger partial charge is 0.493 e. The van der Waals surface area contributed by atoms with Gasteiger partial charge in [0.1, 0.15) is 0 Å². The van der Waals surface area contributed by atoms with E-state index >= 15 is 0 Å². The average molecular weight is 359 g/mol. The number of carbonyl (C=O) groups is 1. The van der Waals surface area contributed by atoms with Crippen LogP contribution in [-0.2, 0) is 4.79 Å². The molecule has 0 aliphatic rings. The Kier molecular flexibility index (Phi) is 5.70. The molecule has 0 bridgehead atoms. The van der Waals surface area contributed by atoms with Crippen molar-refractivity contribution in [2.45, 2.75) is 13.0 Å². The van der Waals surface area contributed by atoms with Gasteiger partial charge in [0, 0.05) is 17.8 Å². The summed E-state index contributed by atoms with van der Waals surface area (Å²) in [7, 11) is 1.39. The lowest BCUT2D eigenvalue weighted by Crippen LogP contribution is -2.30. The first-order valence-corrected chi connectivity index (χ1v) is 7.35. The Bertz CT molecular complexity index is 894. The van der Waals surface area contributed by atoms with Crippen LogP contribution in [0.4, 0.5) is 15.8 Å². The van der Waals surface area contributed by atoms with Gasteiger partial charge in [-0.15, -0.1) is 0 Å². The molecular formula is C17H14FN3O5. The number of hydrogen-bond acceptors (Lipinski definition) is 6. The van der Waals surface area contributed by atoms with Gasteiger partial charge in [-0.3, -0.25) is 14.9 Å². The summed E-state index contributed by atoms with van der Waals surface area (Å²) < 4.78 is 24.0. The van der Waals surface area contributed by atoms with Crippen molar-refractivity contribution in [1.82, 2.24) is 0 Å². The van der Waals surface area contributed by atoms with Crippen molar-refractivity contribution in [3.05, 3.63) is 57.9 Å². The monoisotopic (exact) mass is 359 g/mol. The highest BCUT2D eigenvalue weighted by atomic mass is 19.1. The lowest BCUT2D eigenvalue weighted by Gasteiger charge is -2.16. The fraction of sp³-hybridized carbons (Fsp3) is 0.176. The van der Waals surface area contributed by atoms with Crippen LogP contribution in [0.3, 0.4) is 0 Å². The molecule has 1 amide bonds. The number of nitro groups is 1. The molecule has 0 aliphatic carbocycles. The summed E-state index contributed by atoms with van der Waals surface area (Å²) in [5.74, 6) is -1.07. The minimum Gasteiger partial charge on any atom is -0.493 e. The van der Waals surface area contributed by atoms with Gasteiger partial charge in [0.15, 0.2) is 17.6 Å². The van der Waals surface area contributed by atoms with Crippen LogP contribution in [0.1, 0.15) is 12.5 Å². The number of nitro benzene ring substituents is 1. The molecule has 0 fully saturated rings. The van der Waals surface area contributed by atoms with Crippen LogP contribution in [0.5, 0.6) is 11.5 Å². The Hall–Kier alpha value is -3.67. The molecule has 1 N–H and O–H groups in total. The van der Waals surface area contributed by atoms with Crippen LogP contribution < -0.4 is 14.8 Å². The van der Waals surface area contributed by atoms with E-state index in [4.69, 9.17) is 14.7 Å². The van der Waals surface area contributed by atoms with Crippen molar-refractivity contribution in [1.29, 1.82) is 5.26 Å². The van der Waals surface area contributed by atoms with Gasteiger partial charge in [0.05, 0.1) is 23.7 Å². The first-order valence-electron chi connectivity index (χ1n) is 7.35. The first kappa shape index (κ1) is 18.7. The molecule has 0 saturated heterocycles. The molecule has 0 heterocycles. The average Bonchev–Trinajstić information content (AvgIpc) is 2.63. The second-order valence-electron chi connectivity index (χ2n) is 5.15. The van der Waals surface area contributed by atoms with Crippen LogP contribution >= 0.6 is 0 Å². The van der Waals surface area contributed by atoms with Gasteiger partial charge in [-0.25, -0.2) is 0 Å². The fourth-order valence-corrected chi connectivity index (χ4v) is 2.05. The Labute approximate surface area is 147 Å². The number of benzene rings is 2. The maximum Gasteiger partial charge on any atom is 0.306 e. The van der Waals surface area contributed by atoms with E-state index in [1.165, 1.54) is 38.3 Å². The Morgan fingerprint density at radius 1 is 1.31 bits per heavy atom. The predicted molar refractivity (Wildman–Crippen MR) is 89.5 cm³/mol. The summed E-state index contributed by atoms with van der Waals surface area (Å²) in [5.41, 5.74) is -0.319. The third-order valence-electron chi connectivity index (χ3n) is 3.38. The minimum atomic E-state index is -1.00. The maximum atomic E-state index is 13.3. The molecule has 134 valence electrons. The molecule has 0 spiro atoms. The zero-order valence-electron chi connectivity index (χ0n) is 13.9. The maximum absolute atomic E-state index is 13.3. The Morgan fingerprint density at radius 3 is 2.65 bits per heavy atom. The van der Waals surface area contributed by atoms with Crippen LogP contribution in [-0.4, -0.2) is 24.0 Å². The van der Waals surface area contributed by atoms with Crippen LogP contribution in [0.2, 0.25) is 0 Å². The number of rotatable bonds is 6. The number of hydrogen-bond donors (Lipinski definition) is 1. The fourth-order valence-electron chi connectivity index (χ4n) is 2.05. The van der Waals surface area contributed by atoms with Gasteiger partial charge in [-0.1, -0.05) is 0 Å². The lowest BCUT2D eigenvalue weighted by molar-refractivity contribution is -0.387. The van der Waals surface area contributed by atoms with E-state index in [9.17, 15) is 19.3 Å². The zero-order chi connectivity index (χ0) is 19.3. The Morgan fingerprint density at radius 2 is 2.04 bits per heavy atom. The lowest BCUT2D eigenvalue weighted by atomic mass is 10.2. The smallest absolute Gasteiger partial charge is 0.306 e. The van der Waals surface area contributed by atoms with E-state index in [1.807, 2.05) is 6.07 Å². The number of amides is 1. The molecule has 0 aromatic heterocycles. The summed E-state index contributed by atoms with van der Waals surface area (Å²) in [5, 5.41) is 22.0. The first-order chi connectivity index (χ1) is 12.3. The third kappa shape index (κ3) is 4.24. The third-order valence-corrected chi connectivity index (χ3v) is 3.38. The van der Waals surface area contributed by atoms with E-state index in [1.54, 1.807) is 0 Å².